The Labute approximate surface area is 187 Å². The molecule has 0 bridgehead atoms. The minimum Gasteiger partial charge on any atom is -0.433 e. The van der Waals surface area contributed by atoms with Crippen molar-refractivity contribution >= 4 is 23.4 Å². The number of pyridine rings is 1. The molecule has 0 unspecified atom stereocenters. The van der Waals surface area contributed by atoms with Crippen LogP contribution in [0, 0.1) is 0 Å². The van der Waals surface area contributed by atoms with Gasteiger partial charge >= 0.3 is 0 Å². The third-order valence-corrected chi connectivity index (χ3v) is 6.90. The Morgan fingerprint density at radius 2 is 2.00 bits per heavy atom. The number of hydrogen-bond acceptors (Lipinski definition) is 7. The van der Waals surface area contributed by atoms with Gasteiger partial charge in [0.25, 0.3) is 0 Å². The maximum Gasteiger partial charge on any atom is 0.199 e. The van der Waals surface area contributed by atoms with Crippen molar-refractivity contribution in [3.05, 3.63) is 47.3 Å². The minimum atomic E-state index is 0.332. The van der Waals surface area contributed by atoms with Gasteiger partial charge in [0.1, 0.15) is 5.03 Å². The Bertz CT molecular complexity index is 843. The lowest BCUT2D eigenvalue weighted by molar-refractivity contribution is 0.0786. The van der Waals surface area contributed by atoms with Gasteiger partial charge in [0.15, 0.2) is 11.0 Å². The van der Waals surface area contributed by atoms with Crippen molar-refractivity contribution in [1.82, 2.24) is 20.2 Å². The van der Waals surface area contributed by atoms with Crippen molar-refractivity contribution in [2.24, 2.45) is 0 Å². The highest BCUT2D eigenvalue weighted by Gasteiger charge is 2.30. The van der Waals surface area contributed by atoms with E-state index < -0.39 is 0 Å². The first-order chi connectivity index (χ1) is 14.6. The second kappa shape index (κ2) is 10.1. The van der Waals surface area contributed by atoms with Crippen LogP contribution in [-0.4, -0.2) is 47.7 Å². The van der Waals surface area contributed by atoms with E-state index in [9.17, 15) is 0 Å². The van der Waals surface area contributed by atoms with Gasteiger partial charge in [-0.1, -0.05) is 18.2 Å². The van der Waals surface area contributed by atoms with Gasteiger partial charge in [-0.25, -0.2) is 9.97 Å². The van der Waals surface area contributed by atoms with Crippen molar-refractivity contribution in [1.29, 1.82) is 0 Å². The molecule has 2 aliphatic rings. The molecule has 0 radical (unpaired) electrons. The van der Waals surface area contributed by atoms with Crippen molar-refractivity contribution in [2.75, 3.05) is 32.8 Å². The summed E-state index contributed by atoms with van der Waals surface area (Å²) < 4.78 is 11.9. The topological polar surface area (TPSA) is 63.4 Å². The number of rotatable bonds is 7. The van der Waals surface area contributed by atoms with E-state index in [2.05, 4.69) is 28.7 Å². The Hall–Kier alpha value is -1.70. The zero-order valence-corrected chi connectivity index (χ0v) is 19.0. The Kier molecular flexibility index (Phi) is 7.23. The Balaban J connectivity index is 1.53. The second-order valence-electron chi connectivity index (χ2n) is 7.77. The maximum atomic E-state index is 6.33. The van der Waals surface area contributed by atoms with Crippen LogP contribution in [0.4, 0.5) is 0 Å². The standard InChI is InChI=1S/C22H29ClN4O2S/c1-3-24-15(2)27-10-6-16(7-11-27)20-22(30-19-5-4-18(23)14-25-19)29-21(26-20)17-8-12-28-13-9-17/h4-5,14,16-17,24H,2-3,6-13H2,1H3. The average Bonchev–Trinajstić information content (AvgIpc) is 3.20. The molecular formula is C22H29ClN4O2S. The van der Waals surface area contributed by atoms with Crippen LogP contribution < -0.4 is 5.32 Å². The van der Waals surface area contributed by atoms with Gasteiger partial charge in [0.2, 0.25) is 0 Å². The highest BCUT2D eigenvalue weighted by Crippen LogP contribution is 2.40. The largest absolute Gasteiger partial charge is 0.433 e. The van der Waals surface area contributed by atoms with Crippen LogP contribution in [0.1, 0.15) is 56.0 Å². The van der Waals surface area contributed by atoms with E-state index >= 15 is 0 Å². The molecule has 0 amide bonds. The number of oxazole rings is 1. The number of nitrogens with one attached hydrogen (secondary N) is 1. The molecule has 162 valence electrons. The summed E-state index contributed by atoms with van der Waals surface area (Å²) >= 11 is 7.54. The van der Waals surface area contributed by atoms with Gasteiger partial charge in [-0.3, -0.25) is 0 Å². The molecule has 0 atom stereocenters. The summed E-state index contributed by atoms with van der Waals surface area (Å²) in [5.74, 6) is 2.57. The fourth-order valence-corrected chi connectivity index (χ4v) is 5.03. The molecule has 4 heterocycles. The lowest BCUT2D eigenvalue weighted by Crippen LogP contribution is -2.37. The summed E-state index contributed by atoms with van der Waals surface area (Å²) in [5.41, 5.74) is 1.08. The summed E-state index contributed by atoms with van der Waals surface area (Å²) in [6.07, 6.45) is 5.66. The number of nitrogens with zero attached hydrogens (tertiary/aromatic N) is 3. The van der Waals surface area contributed by atoms with Crippen LogP contribution >= 0.6 is 23.4 Å². The smallest absolute Gasteiger partial charge is 0.199 e. The molecule has 0 spiro atoms. The first-order valence-corrected chi connectivity index (χ1v) is 11.9. The number of aromatic nitrogens is 2. The molecule has 0 aromatic carbocycles. The summed E-state index contributed by atoms with van der Waals surface area (Å²) in [7, 11) is 0. The predicted molar refractivity (Wildman–Crippen MR) is 119 cm³/mol. The zero-order chi connectivity index (χ0) is 20.9. The summed E-state index contributed by atoms with van der Waals surface area (Å²) in [4.78, 5) is 11.8. The summed E-state index contributed by atoms with van der Waals surface area (Å²) in [6, 6.07) is 3.79. The van der Waals surface area contributed by atoms with Gasteiger partial charge in [-0.15, -0.1) is 0 Å². The molecule has 1 N–H and O–H groups in total. The molecule has 0 saturated carbocycles. The lowest BCUT2D eigenvalue weighted by atomic mass is 9.94. The molecule has 8 heteroatoms. The maximum absolute atomic E-state index is 6.33. The number of halogens is 1. The van der Waals surface area contributed by atoms with Gasteiger partial charge < -0.3 is 19.4 Å². The molecule has 4 rings (SSSR count). The average molecular weight is 449 g/mol. The quantitative estimate of drug-likeness (QED) is 0.637. The third kappa shape index (κ3) is 5.13. The number of hydrogen-bond donors (Lipinski definition) is 1. The molecule has 2 aromatic heterocycles. The predicted octanol–water partition coefficient (Wildman–Crippen LogP) is 5.03. The van der Waals surface area contributed by atoms with Crippen LogP contribution in [0.5, 0.6) is 0 Å². The van der Waals surface area contributed by atoms with E-state index in [1.165, 1.54) is 0 Å². The van der Waals surface area contributed by atoms with Crippen molar-refractivity contribution < 1.29 is 9.15 Å². The van der Waals surface area contributed by atoms with E-state index in [1.807, 2.05) is 12.1 Å². The molecule has 0 aliphatic carbocycles. The van der Waals surface area contributed by atoms with Crippen LogP contribution in [0.25, 0.3) is 0 Å². The number of likely N-dealkylation sites (tertiary alicyclic amines) is 1. The van der Waals surface area contributed by atoms with E-state index in [0.717, 1.165) is 86.1 Å². The van der Waals surface area contributed by atoms with Crippen LogP contribution in [-0.2, 0) is 4.74 Å². The first-order valence-electron chi connectivity index (χ1n) is 10.7. The molecule has 2 saturated heterocycles. The fraction of sp³-hybridized carbons (Fsp3) is 0.545. The first kappa shape index (κ1) is 21.5. The van der Waals surface area contributed by atoms with E-state index in [1.54, 1.807) is 18.0 Å². The van der Waals surface area contributed by atoms with Crippen LogP contribution in [0.2, 0.25) is 5.02 Å². The van der Waals surface area contributed by atoms with Gasteiger partial charge in [-0.05, 0) is 56.5 Å². The molecule has 2 fully saturated rings. The molecular weight excluding hydrogens is 420 g/mol. The van der Waals surface area contributed by atoms with Crippen molar-refractivity contribution in [3.8, 4) is 0 Å². The van der Waals surface area contributed by atoms with Crippen LogP contribution in [0.15, 0.2) is 45.3 Å². The van der Waals surface area contributed by atoms with Crippen molar-refractivity contribution in [2.45, 2.75) is 54.6 Å². The number of ether oxygens (including phenoxy) is 1. The highest BCUT2D eigenvalue weighted by molar-refractivity contribution is 7.99. The third-order valence-electron chi connectivity index (χ3n) is 5.75. The summed E-state index contributed by atoms with van der Waals surface area (Å²) in [5, 5.41) is 5.70. The van der Waals surface area contributed by atoms with Crippen molar-refractivity contribution in [3.63, 3.8) is 0 Å². The monoisotopic (exact) mass is 448 g/mol. The fourth-order valence-electron chi connectivity index (χ4n) is 4.04. The van der Waals surface area contributed by atoms with Gasteiger partial charge in [-0.2, -0.15) is 0 Å². The zero-order valence-electron chi connectivity index (χ0n) is 17.4. The van der Waals surface area contributed by atoms with Gasteiger partial charge in [0.05, 0.1) is 16.5 Å². The molecule has 30 heavy (non-hydrogen) atoms. The summed E-state index contributed by atoms with van der Waals surface area (Å²) in [6.45, 7) is 10.6. The Morgan fingerprint density at radius 1 is 1.23 bits per heavy atom. The van der Waals surface area contributed by atoms with E-state index in [4.69, 9.17) is 25.7 Å². The molecule has 6 nitrogen and oxygen atoms in total. The molecule has 2 aromatic rings. The normalized spacial score (nSPS) is 18.5. The Morgan fingerprint density at radius 3 is 2.67 bits per heavy atom. The minimum absolute atomic E-state index is 0.332. The second-order valence-corrected chi connectivity index (χ2v) is 9.20. The molecule has 2 aliphatic heterocycles. The lowest BCUT2D eigenvalue weighted by Gasteiger charge is -2.34. The number of piperidine rings is 1. The SMILES string of the molecule is C=C(NCC)N1CCC(c2nc(C3CCOCC3)oc2Sc2ccc(Cl)cn2)CC1. The van der Waals surface area contributed by atoms with E-state index in [-0.39, 0.29) is 0 Å². The van der Waals surface area contributed by atoms with Gasteiger partial charge in [0, 0.05) is 50.9 Å². The van der Waals surface area contributed by atoms with Crippen LogP contribution in [0.3, 0.4) is 0 Å². The van der Waals surface area contributed by atoms with E-state index in [0.29, 0.717) is 16.9 Å². The highest BCUT2D eigenvalue weighted by atomic mass is 35.5.